The van der Waals surface area contributed by atoms with Gasteiger partial charge in [-0.15, -0.1) is 0 Å². The molecule has 0 aliphatic heterocycles. The Kier molecular flexibility index (Phi) is 6.65. The normalized spacial score (nSPS) is 13.7. The van der Waals surface area contributed by atoms with Crippen molar-refractivity contribution in [1.82, 2.24) is 10.0 Å². The molecule has 0 aromatic heterocycles. The Morgan fingerprint density at radius 1 is 1.05 bits per heavy atom. The Morgan fingerprint density at radius 3 is 2.10 bits per heavy atom. The monoisotopic (exact) mass is 298 g/mol. The first kappa shape index (κ1) is 17.1. The SMILES string of the molecule is CCNCc1ccc(CS(=O)(=O)NC(C)C(C)C)cc1. The van der Waals surface area contributed by atoms with Crippen molar-refractivity contribution in [3.63, 3.8) is 0 Å². The fourth-order valence-electron chi connectivity index (χ4n) is 1.70. The molecule has 114 valence electrons. The Balaban J connectivity index is 2.63. The van der Waals surface area contributed by atoms with E-state index in [9.17, 15) is 8.42 Å². The molecule has 0 saturated carbocycles. The van der Waals surface area contributed by atoms with E-state index in [0.717, 1.165) is 24.2 Å². The van der Waals surface area contributed by atoms with Crippen LogP contribution in [0.25, 0.3) is 0 Å². The van der Waals surface area contributed by atoms with Crippen LogP contribution in [0.4, 0.5) is 0 Å². The molecule has 2 N–H and O–H groups in total. The molecule has 5 heteroatoms. The van der Waals surface area contributed by atoms with Gasteiger partial charge >= 0.3 is 0 Å². The molecule has 1 unspecified atom stereocenters. The molecule has 0 radical (unpaired) electrons. The summed E-state index contributed by atoms with van der Waals surface area (Å²) in [5.74, 6) is 0.318. The molecule has 1 rings (SSSR count). The average molecular weight is 298 g/mol. The van der Waals surface area contributed by atoms with Gasteiger partial charge < -0.3 is 5.32 Å². The molecule has 1 aromatic rings. The van der Waals surface area contributed by atoms with Crippen LogP contribution in [0.2, 0.25) is 0 Å². The van der Waals surface area contributed by atoms with Crippen molar-refractivity contribution in [2.75, 3.05) is 6.54 Å². The van der Waals surface area contributed by atoms with Crippen LogP contribution in [0, 0.1) is 5.92 Å². The number of hydrogen-bond donors (Lipinski definition) is 2. The number of sulfonamides is 1. The molecule has 0 aliphatic carbocycles. The van der Waals surface area contributed by atoms with Crippen molar-refractivity contribution in [3.8, 4) is 0 Å². The highest BCUT2D eigenvalue weighted by Gasteiger charge is 2.17. The Hall–Kier alpha value is -0.910. The third-order valence-electron chi connectivity index (χ3n) is 3.32. The van der Waals surface area contributed by atoms with Crippen LogP contribution in [-0.2, 0) is 22.3 Å². The first-order chi connectivity index (χ1) is 9.34. The van der Waals surface area contributed by atoms with Crippen LogP contribution in [-0.4, -0.2) is 21.0 Å². The van der Waals surface area contributed by atoms with Gasteiger partial charge in [-0.3, -0.25) is 0 Å². The van der Waals surface area contributed by atoms with E-state index in [2.05, 4.69) is 17.0 Å². The van der Waals surface area contributed by atoms with Crippen molar-refractivity contribution in [3.05, 3.63) is 35.4 Å². The number of nitrogens with one attached hydrogen (secondary N) is 2. The Bertz CT molecular complexity index is 495. The predicted molar refractivity (Wildman–Crippen MR) is 83.9 cm³/mol. The highest BCUT2D eigenvalue weighted by atomic mass is 32.2. The van der Waals surface area contributed by atoms with E-state index in [1.54, 1.807) is 0 Å². The van der Waals surface area contributed by atoms with E-state index >= 15 is 0 Å². The van der Waals surface area contributed by atoms with Crippen LogP contribution in [0.15, 0.2) is 24.3 Å². The average Bonchev–Trinajstić information content (AvgIpc) is 2.36. The summed E-state index contributed by atoms with van der Waals surface area (Å²) in [4.78, 5) is 0. The van der Waals surface area contributed by atoms with E-state index in [1.807, 2.05) is 45.0 Å². The molecule has 0 amide bonds. The van der Waals surface area contributed by atoms with Gasteiger partial charge in [-0.2, -0.15) is 0 Å². The fraction of sp³-hybridized carbons (Fsp3) is 0.600. The second-order valence-electron chi connectivity index (χ2n) is 5.51. The zero-order chi connectivity index (χ0) is 15.2. The first-order valence-corrected chi connectivity index (χ1v) is 8.78. The van der Waals surface area contributed by atoms with Crippen LogP contribution < -0.4 is 10.0 Å². The van der Waals surface area contributed by atoms with Crippen molar-refractivity contribution in [1.29, 1.82) is 0 Å². The minimum absolute atomic E-state index is 0.0333. The van der Waals surface area contributed by atoms with Crippen LogP contribution >= 0.6 is 0 Å². The quantitative estimate of drug-likeness (QED) is 0.774. The first-order valence-electron chi connectivity index (χ1n) is 7.12. The standard InChI is InChI=1S/C15H26N2O2S/c1-5-16-10-14-6-8-15(9-7-14)11-20(18,19)17-13(4)12(2)3/h6-9,12-13,16-17H,5,10-11H2,1-4H3. The predicted octanol–water partition coefficient (Wildman–Crippen LogP) is 2.26. The summed E-state index contributed by atoms with van der Waals surface area (Å²) in [5.41, 5.74) is 1.98. The van der Waals surface area contributed by atoms with Gasteiger partial charge in [-0.05, 0) is 30.5 Å². The maximum Gasteiger partial charge on any atom is 0.216 e. The zero-order valence-electron chi connectivity index (χ0n) is 12.8. The van der Waals surface area contributed by atoms with Gasteiger partial charge in [0.05, 0.1) is 5.75 Å². The van der Waals surface area contributed by atoms with E-state index in [0.29, 0.717) is 0 Å². The van der Waals surface area contributed by atoms with Crippen molar-refractivity contribution in [2.24, 2.45) is 5.92 Å². The summed E-state index contributed by atoms with van der Waals surface area (Å²) in [7, 11) is -3.27. The minimum atomic E-state index is -3.27. The van der Waals surface area contributed by atoms with Crippen LogP contribution in [0.1, 0.15) is 38.8 Å². The zero-order valence-corrected chi connectivity index (χ0v) is 13.6. The number of rotatable bonds is 8. The van der Waals surface area contributed by atoms with Gasteiger partial charge in [0.2, 0.25) is 10.0 Å². The molecular weight excluding hydrogens is 272 g/mol. The minimum Gasteiger partial charge on any atom is -0.313 e. The fourth-order valence-corrected chi connectivity index (χ4v) is 3.26. The Morgan fingerprint density at radius 2 is 1.60 bits per heavy atom. The summed E-state index contributed by atoms with van der Waals surface area (Å²) in [6, 6.07) is 7.66. The lowest BCUT2D eigenvalue weighted by molar-refractivity contribution is 0.476. The van der Waals surface area contributed by atoms with Crippen LogP contribution in [0.5, 0.6) is 0 Å². The largest absolute Gasteiger partial charge is 0.313 e. The number of hydrogen-bond acceptors (Lipinski definition) is 3. The molecule has 0 spiro atoms. The van der Waals surface area contributed by atoms with Gasteiger partial charge in [0, 0.05) is 12.6 Å². The van der Waals surface area contributed by atoms with Gasteiger partial charge in [0.1, 0.15) is 0 Å². The molecule has 0 heterocycles. The van der Waals surface area contributed by atoms with Gasteiger partial charge in [-0.1, -0.05) is 45.0 Å². The summed E-state index contributed by atoms with van der Waals surface area (Å²) in [5, 5.41) is 3.24. The van der Waals surface area contributed by atoms with E-state index in [1.165, 1.54) is 0 Å². The van der Waals surface area contributed by atoms with Gasteiger partial charge in [0.25, 0.3) is 0 Å². The Labute approximate surface area is 123 Å². The van der Waals surface area contributed by atoms with Crippen LogP contribution in [0.3, 0.4) is 0 Å². The molecule has 1 atom stereocenters. The van der Waals surface area contributed by atoms with E-state index in [4.69, 9.17) is 0 Å². The molecule has 0 bridgehead atoms. The molecule has 0 fully saturated rings. The molecule has 0 aliphatic rings. The second kappa shape index (κ2) is 7.76. The molecule has 0 saturated heterocycles. The third kappa shape index (κ3) is 6.03. The van der Waals surface area contributed by atoms with Gasteiger partial charge in [0.15, 0.2) is 0 Å². The summed E-state index contributed by atoms with van der Waals surface area (Å²) < 4.78 is 26.8. The van der Waals surface area contributed by atoms with Gasteiger partial charge in [-0.25, -0.2) is 13.1 Å². The smallest absolute Gasteiger partial charge is 0.216 e. The van der Waals surface area contributed by atoms with Crippen molar-refractivity contribution < 1.29 is 8.42 Å². The lowest BCUT2D eigenvalue weighted by Crippen LogP contribution is -2.36. The number of benzene rings is 1. The van der Waals surface area contributed by atoms with E-state index in [-0.39, 0.29) is 17.7 Å². The summed E-state index contributed by atoms with van der Waals surface area (Å²) in [6.07, 6.45) is 0. The summed E-state index contributed by atoms with van der Waals surface area (Å²) >= 11 is 0. The molecule has 20 heavy (non-hydrogen) atoms. The maximum atomic E-state index is 12.0. The third-order valence-corrected chi connectivity index (χ3v) is 4.77. The molecule has 1 aromatic carbocycles. The van der Waals surface area contributed by atoms with E-state index < -0.39 is 10.0 Å². The second-order valence-corrected chi connectivity index (χ2v) is 7.26. The maximum absolute atomic E-state index is 12.0. The highest BCUT2D eigenvalue weighted by Crippen LogP contribution is 2.10. The molecule has 4 nitrogen and oxygen atoms in total. The highest BCUT2D eigenvalue weighted by molar-refractivity contribution is 7.88. The summed E-state index contributed by atoms with van der Waals surface area (Å²) in [6.45, 7) is 9.69. The topological polar surface area (TPSA) is 58.2 Å². The van der Waals surface area contributed by atoms with Crippen molar-refractivity contribution >= 4 is 10.0 Å². The lowest BCUT2D eigenvalue weighted by Gasteiger charge is -2.17. The lowest BCUT2D eigenvalue weighted by atomic mass is 10.1. The molecular formula is C15H26N2O2S. The van der Waals surface area contributed by atoms with Crippen molar-refractivity contribution in [2.45, 2.75) is 46.0 Å².